The summed E-state index contributed by atoms with van der Waals surface area (Å²) in [5.41, 5.74) is 3.71. The summed E-state index contributed by atoms with van der Waals surface area (Å²) in [7, 11) is 0. The molecule has 1 aliphatic rings. The van der Waals surface area contributed by atoms with Crippen molar-refractivity contribution in [2.45, 2.75) is 39.0 Å². The lowest BCUT2D eigenvalue weighted by Crippen LogP contribution is -2.42. The van der Waals surface area contributed by atoms with E-state index in [1.54, 1.807) is 13.8 Å². The Morgan fingerprint density at radius 1 is 0.914 bits per heavy atom. The monoisotopic (exact) mass is 482 g/mol. The van der Waals surface area contributed by atoms with Gasteiger partial charge in [0.1, 0.15) is 6.61 Å². The second-order valence-corrected chi connectivity index (χ2v) is 8.68. The molecule has 188 valence electrons. The molecule has 35 heavy (non-hydrogen) atoms. The van der Waals surface area contributed by atoms with Gasteiger partial charge in [0.05, 0.1) is 18.6 Å². The van der Waals surface area contributed by atoms with Crippen LogP contribution < -0.4 is 10.6 Å². The van der Waals surface area contributed by atoms with E-state index < -0.39 is 17.5 Å². The van der Waals surface area contributed by atoms with Gasteiger partial charge in [-0.25, -0.2) is 4.79 Å². The highest BCUT2D eigenvalue weighted by Crippen LogP contribution is 2.44. The van der Waals surface area contributed by atoms with E-state index in [-0.39, 0.29) is 51.2 Å². The molecule has 0 atom stereocenters. The molecule has 3 N–H and O–H groups in total. The number of ether oxygens (including phenoxy) is 2. The number of nitrogens with one attached hydrogen (secondary N) is 2. The van der Waals surface area contributed by atoms with Crippen molar-refractivity contribution in [1.29, 1.82) is 0 Å². The van der Waals surface area contributed by atoms with E-state index in [0.29, 0.717) is 12.8 Å². The van der Waals surface area contributed by atoms with E-state index >= 15 is 0 Å². The van der Waals surface area contributed by atoms with Gasteiger partial charge < -0.3 is 25.2 Å². The lowest BCUT2D eigenvalue weighted by atomic mass is 9.82. The first kappa shape index (κ1) is 26.2. The van der Waals surface area contributed by atoms with Crippen LogP contribution in [0.25, 0.3) is 11.1 Å². The Morgan fingerprint density at radius 2 is 1.51 bits per heavy atom. The Balaban J connectivity index is 1.32. The fraction of sp³-hybridized carbons (Fsp3) is 0.444. The molecule has 0 bridgehead atoms. The first-order valence-electron chi connectivity index (χ1n) is 12.1. The number of carboxylic acid groups (broad SMARTS) is 1. The van der Waals surface area contributed by atoms with Gasteiger partial charge in [-0.3, -0.25) is 9.59 Å². The molecule has 0 heterocycles. The number of hydrogen-bond acceptors (Lipinski definition) is 5. The van der Waals surface area contributed by atoms with Crippen LogP contribution in [0.1, 0.15) is 50.2 Å². The summed E-state index contributed by atoms with van der Waals surface area (Å²) in [5, 5.41) is 14.8. The van der Waals surface area contributed by atoms with Gasteiger partial charge in [0.15, 0.2) is 0 Å². The van der Waals surface area contributed by atoms with Crippen LogP contribution in [0.5, 0.6) is 0 Å². The van der Waals surface area contributed by atoms with Crippen LogP contribution in [-0.4, -0.2) is 56.0 Å². The predicted molar refractivity (Wildman–Crippen MR) is 132 cm³/mol. The molecule has 8 nitrogen and oxygen atoms in total. The van der Waals surface area contributed by atoms with Crippen molar-refractivity contribution in [3.63, 3.8) is 0 Å². The fourth-order valence-corrected chi connectivity index (χ4v) is 4.38. The van der Waals surface area contributed by atoms with Crippen LogP contribution in [-0.2, 0) is 19.1 Å². The minimum Gasteiger partial charge on any atom is -0.481 e. The number of aliphatic carboxylic acids is 1. The molecule has 0 radical (unpaired) electrons. The number of benzene rings is 2. The zero-order valence-electron chi connectivity index (χ0n) is 20.3. The number of carboxylic acids is 1. The molecule has 0 aliphatic heterocycles. The van der Waals surface area contributed by atoms with E-state index in [1.807, 2.05) is 24.3 Å². The van der Waals surface area contributed by atoms with Crippen molar-refractivity contribution in [3.8, 4) is 11.1 Å². The number of fused-ring (bicyclic) bond motifs is 3. The molecule has 2 aromatic rings. The van der Waals surface area contributed by atoms with E-state index in [9.17, 15) is 19.5 Å². The maximum absolute atomic E-state index is 12.2. The van der Waals surface area contributed by atoms with E-state index in [2.05, 4.69) is 34.9 Å². The molecule has 0 aromatic heterocycles. The van der Waals surface area contributed by atoms with Gasteiger partial charge in [-0.15, -0.1) is 0 Å². The largest absolute Gasteiger partial charge is 0.481 e. The zero-order chi connectivity index (χ0) is 25.3. The molecule has 2 amide bonds. The molecule has 0 fully saturated rings. The summed E-state index contributed by atoms with van der Waals surface area (Å²) in [6.07, 6.45) is 0.486. The molecule has 3 rings (SSSR count). The van der Waals surface area contributed by atoms with Gasteiger partial charge in [0.25, 0.3) is 0 Å². The third-order valence-electron chi connectivity index (χ3n) is 6.76. The number of carbonyl (C=O) groups excluding carboxylic acids is 2. The molecular weight excluding hydrogens is 448 g/mol. The maximum Gasteiger partial charge on any atom is 0.407 e. The lowest BCUT2D eigenvalue weighted by molar-refractivity contribution is -0.149. The molecule has 0 saturated carbocycles. The predicted octanol–water partition coefficient (Wildman–Crippen LogP) is 3.94. The lowest BCUT2D eigenvalue weighted by Gasteiger charge is -2.26. The van der Waals surface area contributed by atoms with Gasteiger partial charge in [0.2, 0.25) is 5.91 Å². The molecule has 2 aromatic carbocycles. The Morgan fingerprint density at radius 3 is 2.09 bits per heavy atom. The molecule has 0 saturated heterocycles. The van der Waals surface area contributed by atoms with Gasteiger partial charge in [0, 0.05) is 25.4 Å². The minimum atomic E-state index is -0.941. The number of amides is 2. The first-order chi connectivity index (χ1) is 16.9. The number of alkyl carbamates (subject to hydrolysis) is 1. The normalized spacial score (nSPS) is 12.5. The third-order valence-corrected chi connectivity index (χ3v) is 6.76. The maximum atomic E-state index is 12.2. The molecule has 1 aliphatic carbocycles. The van der Waals surface area contributed by atoms with E-state index in [4.69, 9.17) is 9.47 Å². The summed E-state index contributed by atoms with van der Waals surface area (Å²) in [6, 6.07) is 16.3. The smallest absolute Gasteiger partial charge is 0.407 e. The SMILES string of the molecule is CCC(CC)(CNC(=O)CCOCCNC(=O)OCC1c2ccccc2-c2ccccc21)C(=O)O. The topological polar surface area (TPSA) is 114 Å². The molecule has 8 heteroatoms. The van der Waals surface area contributed by atoms with Crippen LogP contribution in [0.4, 0.5) is 4.79 Å². The first-order valence-corrected chi connectivity index (χ1v) is 12.1. The summed E-state index contributed by atoms with van der Waals surface area (Å²) < 4.78 is 10.9. The van der Waals surface area contributed by atoms with Crippen molar-refractivity contribution in [2.75, 3.05) is 32.9 Å². The highest BCUT2D eigenvalue weighted by atomic mass is 16.5. The summed E-state index contributed by atoms with van der Waals surface area (Å²) in [5.74, 6) is -1.16. The van der Waals surface area contributed by atoms with E-state index in [1.165, 1.54) is 11.1 Å². The second kappa shape index (κ2) is 12.4. The Labute approximate surface area is 206 Å². The van der Waals surface area contributed by atoms with Gasteiger partial charge in [-0.2, -0.15) is 0 Å². The highest BCUT2D eigenvalue weighted by Gasteiger charge is 2.35. The molecular formula is C27H34N2O6. The van der Waals surface area contributed by atoms with Crippen molar-refractivity contribution >= 4 is 18.0 Å². The highest BCUT2D eigenvalue weighted by molar-refractivity contribution is 5.80. The average molecular weight is 483 g/mol. The molecule has 0 spiro atoms. The Bertz CT molecular complexity index is 988. The molecule has 0 unspecified atom stereocenters. The van der Waals surface area contributed by atoms with Gasteiger partial charge in [-0.1, -0.05) is 62.4 Å². The number of carbonyl (C=O) groups is 3. The van der Waals surface area contributed by atoms with Crippen LogP contribution in [0, 0.1) is 5.41 Å². The fourth-order valence-electron chi connectivity index (χ4n) is 4.38. The Kier molecular flexibility index (Phi) is 9.25. The van der Waals surface area contributed by atoms with Crippen molar-refractivity contribution in [1.82, 2.24) is 10.6 Å². The van der Waals surface area contributed by atoms with Crippen LogP contribution in [0.15, 0.2) is 48.5 Å². The van der Waals surface area contributed by atoms with Crippen LogP contribution >= 0.6 is 0 Å². The zero-order valence-corrected chi connectivity index (χ0v) is 20.3. The van der Waals surface area contributed by atoms with Crippen LogP contribution in [0.3, 0.4) is 0 Å². The van der Waals surface area contributed by atoms with Crippen molar-refractivity contribution < 1.29 is 29.0 Å². The van der Waals surface area contributed by atoms with Gasteiger partial charge in [-0.05, 0) is 35.1 Å². The quantitative estimate of drug-likeness (QED) is 0.373. The summed E-state index contributed by atoms with van der Waals surface area (Å²) in [4.78, 5) is 35.6. The third kappa shape index (κ3) is 6.39. The second-order valence-electron chi connectivity index (χ2n) is 8.68. The number of hydrogen-bond donors (Lipinski definition) is 3. The van der Waals surface area contributed by atoms with Crippen molar-refractivity contribution in [3.05, 3.63) is 59.7 Å². The van der Waals surface area contributed by atoms with Gasteiger partial charge >= 0.3 is 12.1 Å². The van der Waals surface area contributed by atoms with Crippen molar-refractivity contribution in [2.24, 2.45) is 5.41 Å². The number of rotatable bonds is 13. The summed E-state index contributed by atoms with van der Waals surface area (Å²) in [6.45, 7) is 4.61. The standard InChI is InChI=1S/C27H34N2O6/c1-3-27(4-2,25(31)32)18-29-24(30)13-15-34-16-14-28-26(33)35-17-23-21-11-7-5-9-19(21)20-10-6-8-12-22(20)23/h5-12,23H,3-4,13-18H2,1-2H3,(H,28,33)(H,29,30)(H,31,32). The average Bonchev–Trinajstić information content (AvgIpc) is 3.19. The minimum absolute atomic E-state index is 0.00296. The summed E-state index contributed by atoms with van der Waals surface area (Å²) >= 11 is 0. The van der Waals surface area contributed by atoms with E-state index in [0.717, 1.165) is 11.1 Å². The van der Waals surface area contributed by atoms with Crippen LogP contribution in [0.2, 0.25) is 0 Å². The Hall–Kier alpha value is -3.39.